The molecule has 2 aromatic rings. The summed E-state index contributed by atoms with van der Waals surface area (Å²) < 4.78 is 1.90. The van der Waals surface area contributed by atoms with E-state index >= 15 is 0 Å². The van der Waals surface area contributed by atoms with Gasteiger partial charge in [-0.15, -0.1) is 0 Å². The van der Waals surface area contributed by atoms with E-state index in [1.807, 2.05) is 36.9 Å². The Bertz CT molecular complexity index is 942. The number of benzene rings is 1. The van der Waals surface area contributed by atoms with Gasteiger partial charge in [-0.25, -0.2) is 4.98 Å². The Kier molecular flexibility index (Phi) is 6.11. The Hall–Kier alpha value is -2.71. The van der Waals surface area contributed by atoms with E-state index < -0.39 is 5.60 Å². The molecule has 1 saturated heterocycles. The molecule has 0 bridgehead atoms. The lowest BCUT2D eigenvalue weighted by Crippen LogP contribution is -2.63. The molecule has 2 fully saturated rings. The summed E-state index contributed by atoms with van der Waals surface area (Å²) >= 11 is 0. The van der Waals surface area contributed by atoms with Crippen molar-refractivity contribution in [2.75, 3.05) is 19.6 Å². The van der Waals surface area contributed by atoms with Crippen LogP contribution in [-0.4, -0.2) is 63.1 Å². The lowest BCUT2D eigenvalue weighted by atomic mass is 9.80. The quantitative estimate of drug-likeness (QED) is 0.643. The summed E-state index contributed by atoms with van der Waals surface area (Å²) in [6.45, 7) is 3.52. The van der Waals surface area contributed by atoms with Crippen molar-refractivity contribution in [2.45, 2.75) is 50.3 Å². The van der Waals surface area contributed by atoms with E-state index in [2.05, 4.69) is 20.5 Å². The number of aromatic nitrogens is 2. The van der Waals surface area contributed by atoms with Crippen molar-refractivity contribution in [2.24, 2.45) is 7.05 Å². The number of hydrogen-bond donors (Lipinski definition) is 3. The lowest BCUT2D eigenvalue weighted by molar-refractivity contribution is -0.122. The van der Waals surface area contributed by atoms with E-state index in [1.54, 1.807) is 18.3 Å². The summed E-state index contributed by atoms with van der Waals surface area (Å²) in [5, 5.41) is 16.7. The largest absolute Gasteiger partial charge is 0.382 e. The van der Waals surface area contributed by atoms with Crippen molar-refractivity contribution in [3.8, 4) is 0 Å². The van der Waals surface area contributed by atoms with Crippen LogP contribution >= 0.6 is 0 Å². The third kappa shape index (κ3) is 4.80. The Morgan fingerprint density at radius 3 is 2.65 bits per heavy atom. The first-order chi connectivity index (χ1) is 14.8. The first-order valence-electron chi connectivity index (χ1n) is 10.9. The van der Waals surface area contributed by atoms with Crippen LogP contribution < -0.4 is 10.6 Å². The van der Waals surface area contributed by atoms with Crippen molar-refractivity contribution < 1.29 is 14.7 Å². The van der Waals surface area contributed by atoms with Crippen LogP contribution in [0.3, 0.4) is 0 Å². The molecule has 0 spiro atoms. The van der Waals surface area contributed by atoms with Gasteiger partial charge in [0.2, 0.25) is 5.91 Å². The third-order valence-corrected chi connectivity index (χ3v) is 6.50. The SMILES string of the molecule is Cc1cccc(C(=O)NCC(=O)NC2CN([C@H]3CC[C@@](O)(c4nccn4C)CC3)C2)c1. The average Bonchev–Trinajstić information content (AvgIpc) is 3.16. The maximum absolute atomic E-state index is 12.2. The molecule has 31 heavy (non-hydrogen) atoms. The number of rotatable bonds is 6. The maximum Gasteiger partial charge on any atom is 0.251 e. The highest BCUT2D eigenvalue weighted by molar-refractivity contribution is 5.96. The normalized spacial score (nSPS) is 24.4. The molecule has 2 aliphatic rings. The summed E-state index contributed by atoms with van der Waals surface area (Å²) in [4.78, 5) is 31.1. The van der Waals surface area contributed by atoms with Crippen LogP contribution in [0.1, 0.15) is 47.4 Å². The van der Waals surface area contributed by atoms with E-state index in [9.17, 15) is 14.7 Å². The molecule has 4 rings (SSSR count). The molecule has 2 heterocycles. The topological polar surface area (TPSA) is 99.5 Å². The summed E-state index contributed by atoms with van der Waals surface area (Å²) in [6, 6.07) is 7.83. The standard InChI is InChI=1S/C23H31N5O3/c1-16-4-3-5-17(12-16)21(30)25-13-20(29)26-18-14-28(15-18)19-6-8-23(31,9-7-19)22-24-10-11-27(22)2/h3-5,10-12,18-19,31H,6-9,13-15H2,1-2H3,(H,25,30)(H,26,29)/t19-,23-. The number of nitrogens with zero attached hydrogens (tertiary/aromatic N) is 3. The number of aryl methyl sites for hydroxylation is 2. The fraction of sp³-hybridized carbons (Fsp3) is 0.522. The lowest BCUT2D eigenvalue weighted by Gasteiger charge is -2.48. The number of aliphatic hydroxyl groups is 1. The van der Waals surface area contributed by atoms with Gasteiger partial charge in [0, 0.05) is 44.1 Å². The fourth-order valence-electron chi connectivity index (χ4n) is 4.71. The second kappa shape index (κ2) is 8.80. The third-order valence-electron chi connectivity index (χ3n) is 6.50. The summed E-state index contributed by atoms with van der Waals surface area (Å²) in [7, 11) is 1.92. The fourth-order valence-corrected chi connectivity index (χ4v) is 4.71. The van der Waals surface area contributed by atoms with Gasteiger partial charge >= 0.3 is 0 Å². The Balaban J connectivity index is 1.17. The van der Waals surface area contributed by atoms with Crippen molar-refractivity contribution in [3.05, 3.63) is 53.6 Å². The number of carbonyl (C=O) groups is 2. The van der Waals surface area contributed by atoms with Crippen LogP contribution in [0.2, 0.25) is 0 Å². The summed E-state index contributed by atoms with van der Waals surface area (Å²) in [5.41, 5.74) is 0.723. The van der Waals surface area contributed by atoms with Gasteiger partial charge in [0.1, 0.15) is 11.4 Å². The van der Waals surface area contributed by atoms with Crippen molar-refractivity contribution in [1.29, 1.82) is 0 Å². The monoisotopic (exact) mass is 425 g/mol. The van der Waals surface area contributed by atoms with Gasteiger partial charge in [-0.2, -0.15) is 0 Å². The zero-order chi connectivity index (χ0) is 22.0. The molecule has 166 valence electrons. The minimum atomic E-state index is -0.845. The second-order valence-electron chi connectivity index (χ2n) is 8.90. The molecule has 3 N–H and O–H groups in total. The van der Waals surface area contributed by atoms with Crippen LogP contribution in [0.25, 0.3) is 0 Å². The molecule has 1 aromatic heterocycles. The van der Waals surface area contributed by atoms with E-state index in [0.717, 1.165) is 37.3 Å². The zero-order valence-corrected chi connectivity index (χ0v) is 18.2. The van der Waals surface area contributed by atoms with Gasteiger partial charge in [-0.05, 0) is 44.7 Å². The predicted molar refractivity (Wildman–Crippen MR) is 116 cm³/mol. The summed E-state index contributed by atoms with van der Waals surface area (Å²) in [6.07, 6.45) is 6.81. The first-order valence-corrected chi connectivity index (χ1v) is 10.9. The van der Waals surface area contributed by atoms with Gasteiger partial charge in [-0.3, -0.25) is 14.5 Å². The predicted octanol–water partition coefficient (Wildman–Crippen LogP) is 1.09. The van der Waals surface area contributed by atoms with Gasteiger partial charge in [0.25, 0.3) is 5.91 Å². The minimum absolute atomic E-state index is 0.0244. The van der Waals surface area contributed by atoms with E-state index in [4.69, 9.17) is 0 Å². The van der Waals surface area contributed by atoms with E-state index in [0.29, 0.717) is 24.4 Å². The highest BCUT2D eigenvalue weighted by Crippen LogP contribution is 2.38. The molecule has 8 nitrogen and oxygen atoms in total. The van der Waals surface area contributed by atoms with Crippen molar-refractivity contribution >= 4 is 11.8 Å². The highest BCUT2D eigenvalue weighted by Gasteiger charge is 2.42. The molecule has 1 aromatic carbocycles. The van der Waals surface area contributed by atoms with Crippen LogP contribution in [0.4, 0.5) is 0 Å². The van der Waals surface area contributed by atoms with Crippen molar-refractivity contribution in [3.63, 3.8) is 0 Å². The van der Waals surface area contributed by atoms with Gasteiger partial charge < -0.3 is 20.3 Å². The second-order valence-corrected chi connectivity index (χ2v) is 8.90. The Labute approximate surface area is 182 Å². The number of amides is 2. The zero-order valence-electron chi connectivity index (χ0n) is 18.2. The van der Waals surface area contributed by atoms with Gasteiger partial charge in [0.05, 0.1) is 12.6 Å². The molecule has 2 amide bonds. The number of carbonyl (C=O) groups excluding carboxylic acids is 2. The number of likely N-dealkylation sites (tertiary alicyclic amines) is 1. The number of nitrogens with one attached hydrogen (secondary N) is 2. The molecule has 0 radical (unpaired) electrons. The first kappa shape index (κ1) is 21.5. The molecular formula is C23H31N5O3. The minimum Gasteiger partial charge on any atom is -0.382 e. The van der Waals surface area contributed by atoms with Crippen LogP contribution in [0, 0.1) is 6.92 Å². The van der Waals surface area contributed by atoms with E-state index in [1.165, 1.54) is 0 Å². The van der Waals surface area contributed by atoms with Crippen LogP contribution in [0.15, 0.2) is 36.7 Å². The maximum atomic E-state index is 12.2. The summed E-state index contributed by atoms with van der Waals surface area (Å²) in [5.74, 6) is 0.336. The molecule has 1 aliphatic heterocycles. The Morgan fingerprint density at radius 2 is 2.00 bits per heavy atom. The average molecular weight is 426 g/mol. The molecule has 0 unspecified atom stereocenters. The molecular weight excluding hydrogens is 394 g/mol. The molecule has 0 atom stereocenters. The number of imidazole rings is 1. The van der Waals surface area contributed by atoms with E-state index in [-0.39, 0.29) is 24.4 Å². The van der Waals surface area contributed by atoms with Crippen molar-refractivity contribution in [1.82, 2.24) is 25.1 Å². The van der Waals surface area contributed by atoms with Crippen LogP contribution in [-0.2, 0) is 17.4 Å². The van der Waals surface area contributed by atoms with Gasteiger partial charge in [-0.1, -0.05) is 17.7 Å². The molecule has 1 aliphatic carbocycles. The highest BCUT2D eigenvalue weighted by atomic mass is 16.3. The Morgan fingerprint density at radius 1 is 1.26 bits per heavy atom. The van der Waals surface area contributed by atoms with Gasteiger partial charge in [0.15, 0.2) is 0 Å². The number of hydrogen-bond acceptors (Lipinski definition) is 5. The smallest absolute Gasteiger partial charge is 0.251 e. The molecule has 1 saturated carbocycles. The molecule has 8 heteroatoms. The van der Waals surface area contributed by atoms with Crippen LogP contribution in [0.5, 0.6) is 0 Å².